The number of ether oxygens (including phenoxy) is 1. The standard InChI is InChI=1S/C15H18ClN3O2/c1-2-5-18-15(20)14-10-21-7-6-19(14)13-8-12(16)4-3-11(13)9-17/h3-4,8,14H,2,5-7,10H2,1H3,(H,18,20). The summed E-state index contributed by atoms with van der Waals surface area (Å²) in [4.78, 5) is 14.2. The number of carbonyl (C=O) groups is 1. The van der Waals surface area contributed by atoms with Gasteiger partial charge in [-0.05, 0) is 24.6 Å². The third-order valence-electron chi connectivity index (χ3n) is 3.37. The molecule has 1 aromatic rings. The van der Waals surface area contributed by atoms with E-state index in [9.17, 15) is 10.1 Å². The van der Waals surface area contributed by atoms with Gasteiger partial charge in [0.25, 0.3) is 0 Å². The lowest BCUT2D eigenvalue weighted by Gasteiger charge is -2.36. The van der Waals surface area contributed by atoms with Gasteiger partial charge >= 0.3 is 0 Å². The van der Waals surface area contributed by atoms with E-state index in [1.54, 1.807) is 18.2 Å². The smallest absolute Gasteiger partial charge is 0.245 e. The van der Waals surface area contributed by atoms with E-state index < -0.39 is 6.04 Å². The van der Waals surface area contributed by atoms with Crippen LogP contribution in [0.25, 0.3) is 0 Å². The molecule has 0 radical (unpaired) electrons. The number of carbonyl (C=O) groups excluding carboxylic acids is 1. The molecule has 0 spiro atoms. The van der Waals surface area contributed by atoms with Crippen molar-refractivity contribution in [2.24, 2.45) is 0 Å². The van der Waals surface area contributed by atoms with Crippen LogP contribution < -0.4 is 10.2 Å². The van der Waals surface area contributed by atoms with Gasteiger partial charge in [0.05, 0.1) is 24.5 Å². The van der Waals surface area contributed by atoms with E-state index >= 15 is 0 Å². The molecule has 0 aliphatic carbocycles. The molecule has 1 saturated heterocycles. The average molecular weight is 308 g/mol. The summed E-state index contributed by atoms with van der Waals surface area (Å²) < 4.78 is 5.42. The Morgan fingerprint density at radius 3 is 3.14 bits per heavy atom. The largest absolute Gasteiger partial charge is 0.377 e. The SMILES string of the molecule is CCCNC(=O)C1COCCN1c1cc(Cl)ccc1C#N. The molecule has 0 bridgehead atoms. The van der Waals surface area contributed by atoms with Crippen LogP contribution in [0.4, 0.5) is 5.69 Å². The highest BCUT2D eigenvalue weighted by molar-refractivity contribution is 6.30. The number of morpholine rings is 1. The number of hydrogen-bond acceptors (Lipinski definition) is 4. The molecule has 2 rings (SSSR count). The lowest BCUT2D eigenvalue weighted by atomic mass is 10.1. The maximum absolute atomic E-state index is 12.3. The van der Waals surface area contributed by atoms with E-state index in [4.69, 9.17) is 16.3 Å². The highest BCUT2D eigenvalue weighted by Gasteiger charge is 2.30. The van der Waals surface area contributed by atoms with Crippen LogP contribution in [0.15, 0.2) is 18.2 Å². The van der Waals surface area contributed by atoms with Gasteiger partial charge in [0.2, 0.25) is 5.91 Å². The van der Waals surface area contributed by atoms with E-state index in [1.807, 2.05) is 11.8 Å². The predicted molar refractivity (Wildman–Crippen MR) is 81.4 cm³/mol. The number of benzene rings is 1. The van der Waals surface area contributed by atoms with Crippen molar-refractivity contribution in [1.82, 2.24) is 5.32 Å². The molecule has 0 saturated carbocycles. The summed E-state index contributed by atoms with van der Waals surface area (Å²) in [6.45, 7) is 4.02. The first kappa shape index (κ1) is 15.6. The first-order valence-electron chi connectivity index (χ1n) is 6.99. The molecule has 6 heteroatoms. The summed E-state index contributed by atoms with van der Waals surface area (Å²) >= 11 is 6.04. The molecule has 1 atom stereocenters. The quantitative estimate of drug-likeness (QED) is 0.923. The summed E-state index contributed by atoms with van der Waals surface area (Å²) in [5, 5.41) is 12.7. The van der Waals surface area contributed by atoms with Gasteiger partial charge in [-0.1, -0.05) is 18.5 Å². The molecule has 1 aliphatic rings. The lowest BCUT2D eigenvalue weighted by Crippen LogP contribution is -2.54. The number of rotatable bonds is 4. The Hall–Kier alpha value is -1.77. The van der Waals surface area contributed by atoms with E-state index in [0.29, 0.717) is 42.6 Å². The fourth-order valence-electron chi connectivity index (χ4n) is 2.31. The van der Waals surface area contributed by atoms with Gasteiger partial charge in [0, 0.05) is 18.1 Å². The number of nitrogens with zero attached hydrogens (tertiary/aromatic N) is 2. The van der Waals surface area contributed by atoms with Gasteiger partial charge in [-0.15, -0.1) is 0 Å². The van der Waals surface area contributed by atoms with E-state index in [0.717, 1.165) is 6.42 Å². The van der Waals surface area contributed by atoms with Gasteiger partial charge in [0.15, 0.2) is 0 Å². The summed E-state index contributed by atoms with van der Waals surface area (Å²) in [5.41, 5.74) is 1.19. The zero-order chi connectivity index (χ0) is 15.2. The number of nitriles is 1. The zero-order valence-corrected chi connectivity index (χ0v) is 12.7. The van der Waals surface area contributed by atoms with Crippen molar-refractivity contribution in [2.75, 3.05) is 31.2 Å². The van der Waals surface area contributed by atoms with Crippen molar-refractivity contribution < 1.29 is 9.53 Å². The molecular weight excluding hydrogens is 290 g/mol. The Morgan fingerprint density at radius 2 is 2.43 bits per heavy atom. The second-order valence-electron chi connectivity index (χ2n) is 4.85. The molecule has 1 aliphatic heterocycles. The van der Waals surface area contributed by atoms with Gasteiger partial charge in [-0.2, -0.15) is 5.26 Å². The third-order valence-corrected chi connectivity index (χ3v) is 3.61. The number of halogens is 1. The molecule has 1 N–H and O–H groups in total. The van der Waals surface area contributed by atoms with Crippen LogP contribution in [0.5, 0.6) is 0 Å². The first-order chi connectivity index (χ1) is 10.2. The molecule has 0 aromatic heterocycles. The molecule has 1 amide bonds. The summed E-state index contributed by atoms with van der Waals surface area (Å²) in [6.07, 6.45) is 0.875. The fourth-order valence-corrected chi connectivity index (χ4v) is 2.48. The van der Waals surface area contributed by atoms with Crippen LogP contribution in [0.3, 0.4) is 0 Å². The highest BCUT2D eigenvalue weighted by atomic mass is 35.5. The van der Waals surface area contributed by atoms with E-state index in [1.165, 1.54) is 0 Å². The van der Waals surface area contributed by atoms with Crippen molar-refractivity contribution in [3.8, 4) is 6.07 Å². The van der Waals surface area contributed by atoms with Crippen molar-refractivity contribution in [1.29, 1.82) is 5.26 Å². The summed E-state index contributed by atoms with van der Waals surface area (Å²) in [5.74, 6) is -0.0829. The molecule has 1 unspecified atom stereocenters. The minimum atomic E-state index is -0.434. The number of nitrogens with one attached hydrogen (secondary N) is 1. The molecule has 1 heterocycles. The van der Waals surface area contributed by atoms with E-state index in [2.05, 4.69) is 11.4 Å². The van der Waals surface area contributed by atoms with Crippen LogP contribution in [0.2, 0.25) is 5.02 Å². The number of hydrogen-bond donors (Lipinski definition) is 1. The van der Waals surface area contributed by atoms with Crippen LogP contribution in [-0.4, -0.2) is 38.3 Å². The molecule has 5 nitrogen and oxygen atoms in total. The highest BCUT2D eigenvalue weighted by Crippen LogP contribution is 2.27. The summed E-state index contributed by atoms with van der Waals surface area (Å²) in [6, 6.07) is 6.79. The van der Waals surface area contributed by atoms with Crippen molar-refractivity contribution >= 4 is 23.2 Å². The Balaban J connectivity index is 2.28. The Labute approximate surface area is 129 Å². The minimum absolute atomic E-state index is 0.0829. The fraction of sp³-hybridized carbons (Fsp3) is 0.467. The Kier molecular flexibility index (Phi) is 5.43. The van der Waals surface area contributed by atoms with E-state index in [-0.39, 0.29) is 5.91 Å². The van der Waals surface area contributed by atoms with Gasteiger partial charge in [-0.3, -0.25) is 4.79 Å². The lowest BCUT2D eigenvalue weighted by molar-refractivity contribution is -0.124. The van der Waals surface area contributed by atoms with Crippen molar-refractivity contribution in [3.05, 3.63) is 28.8 Å². The van der Waals surface area contributed by atoms with Crippen LogP contribution in [-0.2, 0) is 9.53 Å². The molecule has 21 heavy (non-hydrogen) atoms. The van der Waals surface area contributed by atoms with Gasteiger partial charge < -0.3 is 15.0 Å². The minimum Gasteiger partial charge on any atom is -0.377 e. The number of amides is 1. The normalized spacial score (nSPS) is 18.1. The molecule has 1 fully saturated rings. The van der Waals surface area contributed by atoms with Crippen molar-refractivity contribution in [2.45, 2.75) is 19.4 Å². The zero-order valence-electron chi connectivity index (χ0n) is 11.9. The Bertz CT molecular complexity index is 556. The number of anilines is 1. The predicted octanol–water partition coefficient (Wildman–Crippen LogP) is 1.94. The van der Waals surface area contributed by atoms with Crippen LogP contribution in [0.1, 0.15) is 18.9 Å². The Morgan fingerprint density at radius 1 is 1.62 bits per heavy atom. The molecule has 1 aromatic carbocycles. The monoisotopic (exact) mass is 307 g/mol. The topological polar surface area (TPSA) is 65.4 Å². The summed E-state index contributed by atoms with van der Waals surface area (Å²) in [7, 11) is 0. The third kappa shape index (κ3) is 3.66. The van der Waals surface area contributed by atoms with Crippen LogP contribution in [0, 0.1) is 11.3 Å². The van der Waals surface area contributed by atoms with Gasteiger partial charge in [-0.25, -0.2) is 0 Å². The maximum Gasteiger partial charge on any atom is 0.245 e. The van der Waals surface area contributed by atoms with Crippen molar-refractivity contribution in [3.63, 3.8) is 0 Å². The maximum atomic E-state index is 12.3. The first-order valence-corrected chi connectivity index (χ1v) is 7.37. The second kappa shape index (κ2) is 7.30. The van der Waals surface area contributed by atoms with Crippen LogP contribution >= 0.6 is 11.6 Å². The van der Waals surface area contributed by atoms with Gasteiger partial charge in [0.1, 0.15) is 12.1 Å². The molecule has 112 valence electrons. The average Bonchev–Trinajstić information content (AvgIpc) is 2.52. The second-order valence-corrected chi connectivity index (χ2v) is 5.28. The molecular formula is C15H18ClN3O2.